The molecule has 0 unspecified atom stereocenters. The molecule has 1 amide bonds. The number of hydrogen-bond donors (Lipinski definition) is 1. The minimum absolute atomic E-state index is 0.0636. The number of ether oxygens (including phenoxy) is 1. The second-order valence-electron chi connectivity index (χ2n) is 7.39. The summed E-state index contributed by atoms with van der Waals surface area (Å²) in [4.78, 5) is 28.9. The summed E-state index contributed by atoms with van der Waals surface area (Å²) in [7, 11) is 1.38. The highest BCUT2D eigenvalue weighted by Crippen LogP contribution is 2.38. The van der Waals surface area contributed by atoms with E-state index in [0.29, 0.717) is 16.3 Å². The maximum absolute atomic E-state index is 13.0. The van der Waals surface area contributed by atoms with Crippen LogP contribution in [0.5, 0.6) is 0 Å². The maximum atomic E-state index is 13.0. The van der Waals surface area contributed by atoms with Crippen LogP contribution in [0.25, 0.3) is 0 Å². The van der Waals surface area contributed by atoms with Crippen LogP contribution < -0.4 is 5.32 Å². The number of fused-ring (bicyclic) bond motifs is 1. The average Bonchev–Trinajstić information content (AvgIpc) is 3.21. The molecule has 0 saturated carbocycles. The standard InChI is InChI=1S/C20H28N4O3S/c1-6-8-23-9-7-14-16(11-23)28-19(17(14)20(26)27-5)21-18(25)15-10-13(4)22-24(15)12(2)3/h10,12H,6-9,11H2,1-5H3,(H,21,25). The Labute approximate surface area is 169 Å². The largest absolute Gasteiger partial charge is 0.465 e. The van der Waals surface area contributed by atoms with Crippen molar-refractivity contribution in [2.75, 3.05) is 25.5 Å². The molecular weight excluding hydrogens is 376 g/mol. The summed E-state index contributed by atoms with van der Waals surface area (Å²) in [6.45, 7) is 10.7. The summed E-state index contributed by atoms with van der Waals surface area (Å²) in [5, 5.41) is 7.92. The van der Waals surface area contributed by atoms with Crippen LogP contribution in [0.4, 0.5) is 5.00 Å². The lowest BCUT2D eigenvalue weighted by molar-refractivity contribution is 0.0600. The zero-order valence-electron chi connectivity index (χ0n) is 17.2. The molecule has 0 atom stereocenters. The van der Waals surface area contributed by atoms with E-state index in [1.54, 1.807) is 10.7 Å². The highest BCUT2D eigenvalue weighted by Gasteiger charge is 2.29. The van der Waals surface area contributed by atoms with Crippen LogP contribution in [0.15, 0.2) is 6.07 Å². The number of aromatic nitrogens is 2. The Morgan fingerprint density at radius 2 is 2.14 bits per heavy atom. The Kier molecular flexibility index (Phi) is 6.20. The number of amides is 1. The molecule has 8 heteroatoms. The van der Waals surface area contributed by atoms with Crippen molar-refractivity contribution in [1.29, 1.82) is 0 Å². The van der Waals surface area contributed by atoms with E-state index < -0.39 is 5.97 Å². The summed E-state index contributed by atoms with van der Waals surface area (Å²) in [6, 6.07) is 1.83. The van der Waals surface area contributed by atoms with Gasteiger partial charge in [0.25, 0.3) is 5.91 Å². The Morgan fingerprint density at radius 3 is 2.79 bits per heavy atom. The van der Waals surface area contributed by atoms with Gasteiger partial charge in [0.2, 0.25) is 0 Å². The lowest BCUT2D eigenvalue weighted by Crippen LogP contribution is -2.30. The predicted octanol–water partition coefficient (Wildman–Crippen LogP) is 3.64. The van der Waals surface area contributed by atoms with Crippen molar-refractivity contribution in [3.05, 3.63) is 33.5 Å². The van der Waals surface area contributed by atoms with Gasteiger partial charge in [-0.1, -0.05) is 6.92 Å². The molecule has 2 aromatic rings. The normalized spacial score (nSPS) is 14.2. The van der Waals surface area contributed by atoms with Crippen molar-refractivity contribution in [3.63, 3.8) is 0 Å². The second-order valence-corrected chi connectivity index (χ2v) is 8.49. The van der Waals surface area contributed by atoms with Crippen molar-refractivity contribution in [3.8, 4) is 0 Å². The number of carbonyl (C=O) groups is 2. The van der Waals surface area contributed by atoms with E-state index in [9.17, 15) is 9.59 Å². The molecule has 1 aliphatic heterocycles. The highest BCUT2D eigenvalue weighted by atomic mass is 32.1. The SMILES string of the molecule is CCCN1CCc2c(sc(NC(=O)c3cc(C)nn3C(C)C)c2C(=O)OC)C1. The fraction of sp³-hybridized carbons (Fsp3) is 0.550. The number of nitrogens with one attached hydrogen (secondary N) is 1. The van der Waals surface area contributed by atoms with Gasteiger partial charge in [0.05, 0.1) is 18.4 Å². The third kappa shape index (κ3) is 3.98. The average molecular weight is 405 g/mol. The molecule has 0 radical (unpaired) electrons. The van der Waals surface area contributed by atoms with Crippen LogP contribution in [-0.2, 0) is 17.7 Å². The van der Waals surface area contributed by atoms with Crippen LogP contribution in [0, 0.1) is 6.92 Å². The molecule has 28 heavy (non-hydrogen) atoms. The Balaban J connectivity index is 1.94. The number of esters is 1. The molecule has 7 nitrogen and oxygen atoms in total. The molecule has 2 aromatic heterocycles. The van der Waals surface area contributed by atoms with E-state index in [-0.39, 0.29) is 11.9 Å². The highest BCUT2D eigenvalue weighted by molar-refractivity contribution is 7.17. The topological polar surface area (TPSA) is 76.5 Å². The third-order valence-corrected chi connectivity index (χ3v) is 6.00. The quantitative estimate of drug-likeness (QED) is 0.744. The molecule has 3 rings (SSSR count). The lowest BCUT2D eigenvalue weighted by Gasteiger charge is -2.26. The number of thiophene rings is 1. The fourth-order valence-electron chi connectivity index (χ4n) is 3.62. The third-order valence-electron chi connectivity index (χ3n) is 4.87. The van der Waals surface area contributed by atoms with Gasteiger partial charge in [-0.25, -0.2) is 4.79 Å². The Hall–Kier alpha value is -2.19. The molecule has 0 bridgehead atoms. The second kappa shape index (κ2) is 8.45. The van der Waals surface area contributed by atoms with E-state index >= 15 is 0 Å². The number of hydrogen-bond acceptors (Lipinski definition) is 6. The van der Waals surface area contributed by atoms with E-state index in [4.69, 9.17) is 4.74 Å². The Bertz CT molecular complexity index is 884. The minimum Gasteiger partial charge on any atom is -0.465 e. The summed E-state index contributed by atoms with van der Waals surface area (Å²) in [5.74, 6) is -0.659. The number of carbonyl (C=O) groups excluding carboxylic acids is 2. The number of nitrogens with zero attached hydrogens (tertiary/aromatic N) is 3. The van der Waals surface area contributed by atoms with Crippen LogP contribution >= 0.6 is 11.3 Å². The van der Waals surface area contributed by atoms with Crippen LogP contribution in [0.3, 0.4) is 0 Å². The van der Waals surface area contributed by atoms with Crippen LogP contribution in [0.2, 0.25) is 0 Å². The van der Waals surface area contributed by atoms with Gasteiger partial charge < -0.3 is 10.1 Å². The van der Waals surface area contributed by atoms with Crippen molar-refractivity contribution >= 4 is 28.2 Å². The van der Waals surface area contributed by atoms with Gasteiger partial charge in [-0.05, 0) is 51.8 Å². The Morgan fingerprint density at radius 1 is 1.39 bits per heavy atom. The summed E-state index contributed by atoms with van der Waals surface area (Å²) in [6.07, 6.45) is 1.88. The molecule has 0 aliphatic carbocycles. The molecular formula is C20H28N4O3S. The molecule has 3 heterocycles. The van der Waals surface area contributed by atoms with E-state index in [1.165, 1.54) is 18.4 Å². The minimum atomic E-state index is -0.398. The first-order valence-electron chi connectivity index (χ1n) is 9.68. The zero-order valence-corrected chi connectivity index (χ0v) is 18.0. The number of aryl methyl sites for hydroxylation is 1. The molecule has 1 N–H and O–H groups in total. The van der Waals surface area contributed by atoms with Crippen molar-refractivity contribution in [2.45, 2.75) is 53.1 Å². The van der Waals surface area contributed by atoms with Gasteiger partial charge in [0, 0.05) is 24.0 Å². The molecule has 0 fully saturated rings. The molecule has 0 saturated heterocycles. The maximum Gasteiger partial charge on any atom is 0.341 e. The first kappa shape index (κ1) is 20.5. The number of rotatable bonds is 6. The van der Waals surface area contributed by atoms with E-state index in [0.717, 1.165) is 48.6 Å². The molecule has 152 valence electrons. The smallest absolute Gasteiger partial charge is 0.341 e. The summed E-state index contributed by atoms with van der Waals surface area (Å²) >= 11 is 1.48. The fourth-order valence-corrected chi connectivity index (χ4v) is 4.89. The van der Waals surface area contributed by atoms with Gasteiger partial charge >= 0.3 is 5.97 Å². The monoisotopic (exact) mass is 404 g/mol. The van der Waals surface area contributed by atoms with Crippen molar-refractivity contribution in [2.24, 2.45) is 0 Å². The van der Waals surface area contributed by atoms with Crippen LogP contribution in [0.1, 0.15) is 70.2 Å². The van der Waals surface area contributed by atoms with Crippen molar-refractivity contribution in [1.82, 2.24) is 14.7 Å². The summed E-state index contributed by atoms with van der Waals surface area (Å²) in [5.41, 5.74) is 2.78. The molecule has 0 aromatic carbocycles. The summed E-state index contributed by atoms with van der Waals surface area (Å²) < 4.78 is 6.72. The van der Waals surface area contributed by atoms with Gasteiger partial charge in [0.15, 0.2) is 0 Å². The predicted molar refractivity (Wildman–Crippen MR) is 110 cm³/mol. The number of anilines is 1. The van der Waals surface area contributed by atoms with Gasteiger partial charge in [-0.3, -0.25) is 14.4 Å². The molecule has 1 aliphatic rings. The molecule has 0 spiro atoms. The van der Waals surface area contributed by atoms with E-state index in [2.05, 4.69) is 22.2 Å². The zero-order chi connectivity index (χ0) is 20.4. The number of methoxy groups -OCH3 is 1. The first-order chi connectivity index (χ1) is 13.3. The van der Waals surface area contributed by atoms with Gasteiger partial charge in [-0.2, -0.15) is 5.10 Å². The van der Waals surface area contributed by atoms with Crippen molar-refractivity contribution < 1.29 is 14.3 Å². The van der Waals surface area contributed by atoms with E-state index in [1.807, 2.05) is 20.8 Å². The van der Waals surface area contributed by atoms with Crippen LogP contribution in [-0.4, -0.2) is 46.8 Å². The van der Waals surface area contributed by atoms with Gasteiger partial charge in [0.1, 0.15) is 10.7 Å². The lowest BCUT2D eigenvalue weighted by atomic mass is 10.0. The first-order valence-corrected chi connectivity index (χ1v) is 10.5. The van der Waals surface area contributed by atoms with Gasteiger partial charge in [-0.15, -0.1) is 11.3 Å².